The Bertz CT molecular complexity index is 1460. The first-order valence-electron chi connectivity index (χ1n) is 15.9. The quantitative estimate of drug-likeness (QED) is 0.0811. The maximum atomic E-state index is 13.6. The van der Waals surface area contributed by atoms with E-state index in [9.17, 15) is 14.7 Å². The lowest BCUT2D eigenvalue weighted by atomic mass is 9.95. The molecule has 1 aliphatic heterocycles. The number of aliphatic hydroxyl groups excluding tert-OH is 1. The van der Waals surface area contributed by atoms with Gasteiger partial charge in [-0.25, -0.2) is 0 Å². The van der Waals surface area contributed by atoms with Crippen molar-refractivity contribution in [2.75, 3.05) is 39.9 Å². The Kier molecular flexibility index (Phi) is 12.0. The number of nitrogens with zero attached hydrogens (tertiary/aromatic N) is 2. The summed E-state index contributed by atoms with van der Waals surface area (Å²) in [5.74, 6) is 0.173. The van der Waals surface area contributed by atoms with E-state index < -0.39 is 17.7 Å². The van der Waals surface area contributed by atoms with Crippen molar-refractivity contribution >= 4 is 17.4 Å². The lowest BCUT2D eigenvalue weighted by Gasteiger charge is -2.27. The van der Waals surface area contributed by atoms with Crippen LogP contribution in [0.15, 0.2) is 72.3 Å². The summed E-state index contributed by atoms with van der Waals surface area (Å²) in [7, 11) is 1.56. The van der Waals surface area contributed by atoms with Crippen LogP contribution in [-0.4, -0.2) is 66.5 Å². The van der Waals surface area contributed by atoms with Crippen molar-refractivity contribution in [2.45, 2.75) is 59.6 Å². The Hall–Kier alpha value is -4.30. The third-order valence-corrected chi connectivity index (χ3v) is 8.22. The van der Waals surface area contributed by atoms with Crippen LogP contribution in [0.3, 0.4) is 0 Å². The summed E-state index contributed by atoms with van der Waals surface area (Å²) in [5, 5.41) is 11.6. The van der Waals surface area contributed by atoms with E-state index in [1.807, 2.05) is 37.3 Å². The number of carbonyl (C=O) groups is 2. The van der Waals surface area contributed by atoms with Crippen LogP contribution in [-0.2, 0) is 16.2 Å². The number of amides is 1. The van der Waals surface area contributed by atoms with Gasteiger partial charge in [-0.1, -0.05) is 63.1 Å². The molecule has 3 aromatic carbocycles. The fraction of sp³-hybridized carbons (Fsp3) is 0.405. The fourth-order valence-electron chi connectivity index (χ4n) is 5.48. The number of rotatable bonds is 16. The van der Waals surface area contributed by atoms with Crippen LogP contribution in [0.5, 0.6) is 17.2 Å². The number of likely N-dealkylation sites (tertiary alicyclic amines) is 1. The zero-order valence-corrected chi connectivity index (χ0v) is 27.2. The molecule has 0 bridgehead atoms. The van der Waals surface area contributed by atoms with Gasteiger partial charge >= 0.3 is 0 Å². The molecular formula is C37H46N2O6. The fourth-order valence-corrected chi connectivity index (χ4v) is 5.48. The molecule has 0 saturated carbocycles. The lowest BCUT2D eigenvalue weighted by Crippen LogP contribution is -2.33. The van der Waals surface area contributed by atoms with Crippen molar-refractivity contribution in [3.8, 4) is 17.2 Å². The van der Waals surface area contributed by atoms with E-state index in [1.165, 1.54) is 5.56 Å². The third kappa shape index (κ3) is 8.25. The molecule has 4 rings (SSSR count). The molecule has 1 N–H and O–H groups in total. The number of carbonyl (C=O) groups excluding carboxylic acids is 2. The predicted molar refractivity (Wildman–Crippen MR) is 177 cm³/mol. The van der Waals surface area contributed by atoms with Crippen molar-refractivity contribution in [1.82, 2.24) is 9.80 Å². The highest BCUT2D eigenvalue weighted by Crippen LogP contribution is 2.42. The summed E-state index contributed by atoms with van der Waals surface area (Å²) in [4.78, 5) is 30.9. The highest BCUT2D eigenvalue weighted by atomic mass is 16.5. The monoisotopic (exact) mass is 614 g/mol. The van der Waals surface area contributed by atoms with Gasteiger partial charge in [-0.2, -0.15) is 0 Å². The molecule has 1 fully saturated rings. The molecule has 0 spiro atoms. The van der Waals surface area contributed by atoms with Crippen LogP contribution >= 0.6 is 0 Å². The molecule has 1 aliphatic rings. The maximum Gasteiger partial charge on any atom is 0.295 e. The highest BCUT2D eigenvalue weighted by Gasteiger charge is 2.46. The number of hydrogen-bond donors (Lipinski definition) is 1. The zero-order chi connectivity index (χ0) is 32.3. The molecule has 1 unspecified atom stereocenters. The number of ketones is 1. The van der Waals surface area contributed by atoms with Crippen LogP contribution < -0.4 is 14.2 Å². The molecule has 0 radical (unpaired) electrons. The Labute approximate surface area is 267 Å². The number of hydrogen-bond acceptors (Lipinski definition) is 7. The molecule has 0 aliphatic carbocycles. The van der Waals surface area contributed by atoms with Crippen LogP contribution in [0.25, 0.3) is 5.76 Å². The van der Waals surface area contributed by atoms with Gasteiger partial charge in [0, 0.05) is 12.1 Å². The average Bonchev–Trinajstić information content (AvgIpc) is 3.31. The third-order valence-electron chi connectivity index (χ3n) is 8.22. The van der Waals surface area contributed by atoms with Crippen LogP contribution in [0.2, 0.25) is 0 Å². The van der Waals surface area contributed by atoms with Gasteiger partial charge in [0.15, 0.2) is 11.5 Å². The minimum Gasteiger partial charge on any atom is -0.507 e. The molecule has 240 valence electrons. The molecule has 8 heteroatoms. The molecule has 1 atom stereocenters. The van der Waals surface area contributed by atoms with E-state index in [2.05, 4.69) is 25.7 Å². The SMILES string of the molecule is CCCCOc1ccc(C2C(=C(O)c3ccc(OCc4ccc(C)cc4)cc3)C(=O)C(=O)N2CCCN(CC)CC)cc1OC. The molecule has 3 aromatic rings. The number of benzene rings is 3. The van der Waals surface area contributed by atoms with Gasteiger partial charge in [0.2, 0.25) is 0 Å². The Morgan fingerprint density at radius 1 is 0.889 bits per heavy atom. The predicted octanol–water partition coefficient (Wildman–Crippen LogP) is 6.92. The van der Waals surface area contributed by atoms with E-state index >= 15 is 0 Å². The van der Waals surface area contributed by atoms with Gasteiger partial charge in [0.25, 0.3) is 11.7 Å². The Morgan fingerprint density at radius 3 is 2.24 bits per heavy atom. The van der Waals surface area contributed by atoms with E-state index in [0.717, 1.165) is 38.0 Å². The summed E-state index contributed by atoms with van der Waals surface area (Å²) >= 11 is 0. The van der Waals surface area contributed by atoms with Gasteiger partial charge in [0.1, 0.15) is 18.1 Å². The van der Waals surface area contributed by atoms with E-state index in [1.54, 1.807) is 48.4 Å². The van der Waals surface area contributed by atoms with Gasteiger partial charge in [-0.05, 0) is 86.9 Å². The van der Waals surface area contributed by atoms with Crippen LogP contribution in [0.1, 0.15) is 68.3 Å². The molecule has 1 amide bonds. The summed E-state index contributed by atoms with van der Waals surface area (Å²) < 4.78 is 17.5. The van der Waals surface area contributed by atoms with Crippen molar-refractivity contribution in [3.63, 3.8) is 0 Å². The summed E-state index contributed by atoms with van der Waals surface area (Å²) in [6, 6.07) is 19.7. The van der Waals surface area contributed by atoms with Gasteiger partial charge < -0.3 is 29.1 Å². The summed E-state index contributed by atoms with van der Waals surface area (Å²) in [5.41, 5.74) is 3.37. The molecular weight excluding hydrogens is 568 g/mol. The number of aryl methyl sites for hydroxylation is 1. The first kappa shape index (κ1) is 33.6. The highest BCUT2D eigenvalue weighted by molar-refractivity contribution is 6.46. The first-order valence-corrected chi connectivity index (χ1v) is 15.9. The Balaban J connectivity index is 1.66. The number of aliphatic hydroxyl groups is 1. The van der Waals surface area contributed by atoms with E-state index in [-0.39, 0.29) is 11.3 Å². The molecule has 1 heterocycles. The van der Waals surface area contributed by atoms with Crippen molar-refractivity contribution in [1.29, 1.82) is 0 Å². The average molecular weight is 615 g/mol. The van der Waals surface area contributed by atoms with Gasteiger partial charge in [-0.15, -0.1) is 0 Å². The van der Waals surface area contributed by atoms with Gasteiger partial charge in [0.05, 0.1) is 25.3 Å². The molecule has 8 nitrogen and oxygen atoms in total. The Morgan fingerprint density at radius 2 is 1.60 bits per heavy atom. The van der Waals surface area contributed by atoms with E-state index in [0.29, 0.717) is 54.6 Å². The minimum atomic E-state index is -0.780. The van der Waals surface area contributed by atoms with Crippen molar-refractivity contribution in [2.24, 2.45) is 0 Å². The zero-order valence-electron chi connectivity index (χ0n) is 27.2. The standard InChI is InChI=1S/C37H46N2O6/c1-6-9-23-44-31-20-17-29(24-32(31)43-5)34-33(36(41)37(42)39(34)22-10-21-38(7-2)8-3)35(40)28-15-18-30(19-16-28)45-25-27-13-11-26(4)12-14-27/h11-20,24,34,40H,6-10,21-23,25H2,1-5H3. The molecule has 45 heavy (non-hydrogen) atoms. The largest absolute Gasteiger partial charge is 0.507 e. The minimum absolute atomic E-state index is 0.0536. The molecule has 1 saturated heterocycles. The summed E-state index contributed by atoms with van der Waals surface area (Å²) in [6.07, 6.45) is 2.60. The second kappa shape index (κ2) is 16.1. The van der Waals surface area contributed by atoms with Crippen LogP contribution in [0.4, 0.5) is 0 Å². The maximum absolute atomic E-state index is 13.6. The lowest BCUT2D eigenvalue weighted by molar-refractivity contribution is -0.140. The first-order chi connectivity index (χ1) is 21.8. The number of methoxy groups -OCH3 is 1. The van der Waals surface area contributed by atoms with Crippen molar-refractivity contribution in [3.05, 3.63) is 94.6 Å². The number of unbranched alkanes of at least 4 members (excludes halogenated alkanes) is 1. The number of Topliss-reactive ketones (excluding diaryl/α,β-unsaturated/α-hetero) is 1. The smallest absolute Gasteiger partial charge is 0.295 e. The van der Waals surface area contributed by atoms with Crippen LogP contribution in [0, 0.1) is 6.92 Å². The number of ether oxygens (including phenoxy) is 3. The summed E-state index contributed by atoms with van der Waals surface area (Å²) in [6.45, 7) is 12.3. The van der Waals surface area contributed by atoms with Crippen molar-refractivity contribution < 1.29 is 28.9 Å². The van der Waals surface area contributed by atoms with Gasteiger partial charge in [-0.3, -0.25) is 9.59 Å². The normalized spacial score (nSPS) is 16.0. The topological polar surface area (TPSA) is 88.5 Å². The molecule has 0 aromatic heterocycles. The second-order valence-corrected chi connectivity index (χ2v) is 11.3. The second-order valence-electron chi connectivity index (χ2n) is 11.3. The van der Waals surface area contributed by atoms with E-state index in [4.69, 9.17) is 14.2 Å².